The lowest BCUT2D eigenvalue weighted by Crippen LogP contribution is -2.33. The molecule has 0 fully saturated rings. The maximum absolute atomic E-state index is 8.67. The highest BCUT2D eigenvalue weighted by Gasteiger charge is 2.22. The summed E-state index contributed by atoms with van der Waals surface area (Å²) in [5.74, 6) is 0.306. The van der Waals surface area contributed by atoms with E-state index in [1.807, 2.05) is 20.8 Å². The van der Waals surface area contributed by atoms with E-state index in [1.54, 1.807) is 0 Å². The fourth-order valence-corrected chi connectivity index (χ4v) is 1.66. The lowest BCUT2D eigenvalue weighted by atomic mass is 9.86. The summed E-state index contributed by atoms with van der Waals surface area (Å²) < 4.78 is 5.33. The van der Waals surface area contributed by atoms with Gasteiger partial charge in [0.15, 0.2) is 0 Å². The molecule has 0 aliphatic heterocycles. The van der Waals surface area contributed by atoms with Crippen molar-refractivity contribution in [3.05, 3.63) is 0 Å². The minimum atomic E-state index is -0.230. The average molecular weight is 259 g/mol. The lowest BCUT2D eigenvalue weighted by Gasteiger charge is -2.22. The zero-order chi connectivity index (χ0) is 14.0. The lowest BCUT2D eigenvalue weighted by molar-refractivity contribution is 0.127. The summed E-state index contributed by atoms with van der Waals surface area (Å²) in [7, 11) is 0. The molecule has 0 rings (SSSR count). The van der Waals surface area contributed by atoms with Crippen LogP contribution in [-0.4, -0.2) is 36.8 Å². The Balaban J connectivity index is 3.62. The van der Waals surface area contributed by atoms with E-state index in [0.717, 1.165) is 39.0 Å². The molecule has 0 bridgehead atoms. The molecule has 0 aliphatic rings. The van der Waals surface area contributed by atoms with Gasteiger partial charge in [-0.3, -0.25) is 0 Å². The van der Waals surface area contributed by atoms with Crippen LogP contribution >= 0.6 is 0 Å². The van der Waals surface area contributed by atoms with Crippen molar-refractivity contribution in [3.8, 4) is 0 Å². The molecule has 0 spiro atoms. The molecule has 0 aliphatic carbocycles. The van der Waals surface area contributed by atoms with Crippen LogP contribution in [0, 0.1) is 5.41 Å². The van der Waals surface area contributed by atoms with Crippen LogP contribution in [0.4, 0.5) is 0 Å². The van der Waals surface area contributed by atoms with E-state index in [2.05, 4.69) is 17.4 Å². The average Bonchev–Trinajstić information content (AvgIpc) is 2.34. The zero-order valence-electron chi connectivity index (χ0n) is 12.2. The van der Waals surface area contributed by atoms with Crippen LogP contribution in [0.1, 0.15) is 47.0 Å². The summed E-state index contributed by atoms with van der Waals surface area (Å²) in [6.45, 7) is 10.6. The fraction of sp³-hybridized carbons (Fsp3) is 0.923. The molecule has 1 atom stereocenters. The molecule has 0 radical (unpaired) electrons. The summed E-state index contributed by atoms with van der Waals surface area (Å²) in [6.07, 6.45) is 3.06. The van der Waals surface area contributed by atoms with Crippen molar-refractivity contribution < 1.29 is 9.94 Å². The second-order valence-electron chi connectivity index (χ2n) is 5.34. The number of ether oxygens (including phenoxy) is 1. The summed E-state index contributed by atoms with van der Waals surface area (Å²) >= 11 is 0. The third-order valence-electron chi connectivity index (χ3n) is 3.09. The van der Waals surface area contributed by atoms with Crippen LogP contribution in [0.15, 0.2) is 5.16 Å². The number of unbranched alkanes of at least 4 members (excludes halogenated alkanes) is 1. The third kappa shape index (κ3) is 7.50. The maximum atomic E-state index is 8.67. The van der Waals surface area contributed by atoms with Crippen molar-refractivity contribution in [1.29, 1.82) is 0 Å². The maximum Gasteiger partial charge on any atom is 0.144 e. The Labute approximate surface area is 111 Å². The number of rotatable bonds is 10. The molecular formula is C13H29N3O2. The van der Waals surface area contributed by atoms with Gasteiger partial charge in [-0.05, 0) is 33.2 Å². The van der Waals surface area contributed by atoms with Crippen molar-refractivity contribution in [2.75, 3.05) is 19.8 Å². The Hall–Kier alpha value is -0.810. The molecule has 0 aromatic rings. The van der Waals surface area contributed by atoms with Crippen molar-refractivity contribution in [3.63, 3.8) is 0 Å². The Bertz CT molecular complexity index is 242. The van der Waals surface area contributed by atoms with Gasteiger partial charge in [-0.15, -0.1) is 0 Å². The molecule has 1 unspecified atom stereocenters. The number of nitrogens with one attached hydrogen (secondary N) is 1. The monoisotopic (exact) mass is 259 g/mol. The Morgan fingerprint density at radius 1 is 1.44 bits per heavy atom. The SMILES string of the molecule is CCOCC(C)NCCCCC(C)(C)C(N)=NO. The van der Waals surface area contributed by atoms with Crippen LogP contribution in [0.2, 0.25) is 0 Å². The zero-order valence-corrected chi connectivity index (χ0v) is 12.2. The van der Waals surface area contributed by atoms with Gasteiger partial charge < -0.3 is 21.0 Å². The van der Waals surface area contributed by atoms with Crippen LogP contribution < -0.4 is 11.1 Å². The minimum Gasteiger partial charge on any atom is -0.409 e. The molecule has 5 heteroatoms. The van der Waals surface area contributed by atoms with Gasteiger partial charge in [0, 0.05) is 18.1 Å². The number of hydrogen-bond donors (Lipinski definition) is 3. The van der Waals surface area contributed by atoms with Crippen molar-refractivity contribution in [2.45, 2.75) is 53.0 Å². The molecule has 0 amide bonds. The Morgan fingerprint density at radius 3 is 2.67 bits per heavy atom. The quantitative estimate of drug-likeness (QED) is 0.184. The van der Waals surface area contributed by atoms with Gasteiger partial charge in [0.05, 0.1) is 6.61 Å². The van der Waals surface area contributed by atoms with Gasteiger partial charge in [0.25, 0.3) is 0 Å². The summed E-state index contributed by atoms with van der Waals surface area (Å²) in [5, 5.41) is 15.2. The molecule has 0 aromatic carbocycles. The van der Waals surface area contributed by atoms with Gasteiger partial charge in [-0.1, -0.05) is 25.4 Å². The largest absolute Gasteiger partial charge is 0.409 e. The van der Waals surface area contributed by atoms with E-state index in [1.165, 1.54) is 0 Å². The number of hydrogen-bond acceptors (Lipinski definition) is 4. The smallest absolute Gasteiger partial charge is 0.144 e. The highest BCUT2D eigenvalue weighted by Crippen LogP contribution is 2.23. The van der Waals surface area contributed by atoms with Crippen molar-refractivity contribution in [2.24, 2.45) is 16.3 Å². The fourth-order valence-electron chi connectivity index (χ4n) is 1.66. The van der Waals surface area contributed by atoms with Crippen LogP contribution in [0.3, 0.4) is 0 Å². The first-order valence-electron chi connectivity index (χ1n) is 6.73. The summed E-state index contributed by atoms with van der Waals surface area (Å²) in [4.78, 5) is 0. The second kappa shape index (κ2) is 9.16. The van der Waals surface area contributed by atoms with E-state index in [9.17, 15) is 0 Å². The van der Waals surface area contributed by atoms with E-state index in [0.29, 0.717) is 11.9 Å². The van der Waals surface area contributed by atoms with Crippen LogP contribution in [0.25, 0.3) is 0 Å². The molecule has 0 saturated carbocycles. The predicted molar refractivity (Wildman–Crippen MR) is 75.0 cm³/mol. The molecule has 18 heavy (non-hydrogen) atoms. The Morgan fingerprint density at radius 2 is 2.11 bits per heavy atom. The van der Waals surface area contributed by atoms with Gasteiger partial charge in [-0.25, -0.2) is 0 Å². The topological polar surface area (TPSA) is 79.9 Å². The van der Waals surface area contributed by atoms with Crippen LogP contribution in [-0.2, 0) is 4.74 Å². The number of amidine groups is 1. The molecule has 108 valence electrons. The van der Waals surface area contributed by atoms with E-state index < -0.39 is 0 Å². The first-order valence-corrected chi connectivity index (χ1v) is 6.73. The van der Waals surface area contributed by atoms with Crippen LogP contribution in [0.5, 0.6) is 0 Å². The first-order chi connectivity index (χ1) is 8.44. The second-order valence-corrected chi connectivity index (χ2v) is 5.34. The Kier molecular flexibility index (Phi) is 8.75. The molecule has 0 heterocycles. The van der Waals surface area contributed by atoms with Crippen molar-refractivity contribution >= 4 is 5.84 Å². The van der Waals surface area contributed by atoms with E-state index in [-0.39, 0.29) is 5.41 Å². The van der Waals surface area contributed by atoms with Gasteiger partial charge >= 0.3 is 0 Å². The van der Waals surface area contributed by atoms with Gasteiger partial charge in [0.1, 0.15) is 5.84 Å². The molecule has 4 N–H and O–H groups in total. The third-order valence-corrected chi connectivity index (χ3v) is 3.09. The standard InChI is InChI=1S/C13H29N3O2/c1-5-18-10-11(2)15-9-7-6-8-13(3,4)12(14)16-17/h11,15,17H,5-10H2,1-4H3,(H2,14,16). The summed E-state index contributed by atoms with van der Waals surface area (Å²) in [5.41, 5.74) is 5.41. The predicted octanol–water partition coefficient (Wildman–Crippen LogP) is 1.94. The van der Waals surface area contributed by atoms with E-state index in [4.69, 9.17) is 15.7 Å². The number of nitrogens with zero attached hydrogens (tertiary/aromatic N) is 1. The summed E-state index contributed by atoms with van der Waals surface area (Å²) in [6, 6.07) is 0.391. The number of nitrogens with two attached hydrogens (primary N) is 1. The molecule has 0 saturated heterocycles. The van der Waals surface area contributed by atoms with E-state index >= 15 is 0 Å². The normalized spacial score (nSPS) is 14.8. The highest BCUT2D eigenvalue weighted by atomic mass is 16.5. The highest BCUT2D eigenvalue weighted by molar-refractivity contribution is 5.85. The first kappa shape index (κ1) is 17.2. The van der Waals surface area contributed by atoms with Gasteiger partial charge in [-0.2, -0.15) is 0 Å². The van der Waals surface area contributed by atoms with Gasteiger partial charge in [0.2, 0.25) is 0 Å². The molecule has 0 aromatic heterocycles. The molecule has 5 nitrogen and oxygen atoms in total. The number of oxime groups is 1. The minimum absolute atomic E-state index is 0.230. The molecular weight excluding hydrogens is 230 g/mol. The van der Waals surface area contributed by atoms with Crippen molar-refractivity contribution in [1.82, 2.24) is 5.32 Å².